The summed E-state index contributed by atoms with van der Waals surface area (Å²) in [4.78, 5) is 26.4. The summed E-state index contributed by atoms with van der Waals surface area (Å²) in [5.74, 6) is 1.08. The lowest BCUT2D eigenvalue weighted by atomic mass is 10.1. The second-order valence-corrected chi connectivity index (χ2v) is 4.83. The molecule has 5 heteroatoms. The van der Waals surface area contributed by atoms with Crippen molar-refractivity contribution in [3.63, 3.8) is 0 Å². The van der Waals surface area contributed by atoms with E-state index in [9.17, 15) is 9.59 Å². The van der Waals surface area contributed by atoms with Crippen LogP contribution in [-0.4, -0.2) is 42.1 Å². The Balaban J connectivity index is 1.92. The molecule has 2 unspecified atom stereocenters. The van der Waals surface area contributed by atoms with Crippen LogP contribution in [0.5, 0.6) is 0 Å². The number of carbonyl (C=O) groups is 2. The molecule has 2 heterocycles. The highest BCUT2D eigenvalue weighted by Gasteiger charge is 2.34. The quantitative estimate of drug-likeness (QED) is 0.609. The number of hydrogen-bond donors (Lipinski definition) is 0. The molecule has 1 radical (unpaired) electrons. The van der Waals surface area contributed by atoms with Gasteiger partial charge in [0.15, 0.2) is 0 Å². The fourth-order valence-corrected chi connectivity index (χ4v) is 2.23. The molecule has 2 fully saturated rings. The zero-order valence-corrected chi connectivity index (χ0v) is 9.27. The Morgan fingerprint density at radius 2 is 1.40 bits per heavy atom. The molecule has 0 aromatic rings. The van der Waals surface area contributed by atoms with Crippen LogP contribution in [-0.2, 0) is 9.59 Å². The number of hydrogen-bond acceptors (Lipinski definition) is 2. The highest BCUT2D eigenvalue weighted by molar-refractivity contribution is 6.38. The molecule has 0 spiro atoms. The molecule has 81 valence electrons. The van der Waals surface area contributed by atoms with E-state index in [1.165, 1.54) is 0 Å². The van der Waals surface area contributed by atoms with Gasteiger partial charge >= 0.3 is 7.55 Å². The number of rotatable bonds is 2. The summed E-state index contributed by atoms with van der Waals surface area (Å²) in [7, 11) is 1.71. The molecule has 0 bridgehead atoms. The molecule has 0 aromatic heterocycles. The molecular formula is C10H16BN2O2. The summed E-state index contributed by atoms with van der Waals surface area (Å²) in [6.07, 6.45) is 1.21. The maximum atomic E-state index is 11.5. The van der Waals surface area contributed by atoms with Crippen molar-refractivity contribution in [3.05, 3.63) is 0 Å². The fraction of sp³-hybridized carbons (Fsp3) is 0.800. The van der Waals surface area contributed by atoms with Gasteiger partial charge in [-0.1, -0.05) is 13.8 Å². The van der Waals surface area contributed by atoms with Gasteiger partial charge in [-0.25, -0.2) is 0 Å². The largest absolute Gasteiger partial charge is 0.396 e. The summed E-state index contributed by atoms with van der Waals surface area (Å²) in [5.41, 5.74) is 0. The van der Waals surface area contributed by atoms with Gasteiger partial charge in [-0.15, -0.1) is 0 Å². The molecular weight excluding hydrogens is 191 g/mol. The molecule has 0 N–H and O–H groups in total. The molecule has 2 saturated heterocycles. The van der Waals surface area contributed by atoms with Crippen molar-refractivity contribution < 1.29 is 9.59 Å². The Labute approximate surface area is 90.9 Å². The van der Waals surface area contributed by atoms with Crippen molar-refractivity contribution in [1.82, 2.24) is 9.62 Å². The minimum absolute atomic E-state index is 0.134. The Morgan fingerprint density at radius 3 is 1.67 bits per heavy atom. The number of carbonyl (C=O) groups excluding carboxylic acids is 2. The third-order valence-electron chi connectivity index (χ3n) is 2.98. The van der Waals surface area contributed by atoms with Gasteiger partial charge in [0.1, 0.15) is 0 Å². The first kappa shape index (κ1) is 10.5. The average molecular weight is 207 g/mol. The van der Waals surface area contributed by atoms with Crippen molar-refractivity contribution in [2.75, 3.05) is 13.1 Å². The second-order valence-electron chi connectivity index (χ2n) is 4.83. The highest BCUT2D eigenvalue weighted by atomic mass is 16.2. The molecule has 2 atom stereocenters. The van der Waals surface area contributed by atoms with E-state index in [1.54, 1.807) is 17.2 Å². The van der Waals surface area contributed by atoms with Crippen LogP contribution in [0.1, 0.15) is 26.7 Å². The SMILES string of the molecule is CC1CC(=O)N([B]N2CC(C)CC2=O)C1. The Morgan fingerprint density at radius 1 is 1.00 bits per heavy atom. The minimum atomic E-state index is 0.134. The summed E-state index contributed by atoms with van der Waals surface area (Å²) < 4.78 is 0. The molecule has 2 rings (SSSR count). The van der Waals surface area contributed by atoms with Crippen molar-refractivity contribution in [1.29, 1.82) is 0 Å². The predicted molar refractivity (Wildman–Crippen MR) is 56.7 cm³/mol. The summed E-state index contributed by atoms with van der Waals surface area (Å²) in [6.45, 7) is 5.61. The van der Waals surface area contributed by atoms with Crippen molar-refractivity contribution in [3.8, 4) is 0 Å². The van der Waals surface area contributed by atoms with E-state index >= 15 is 0 Å². The Hall–Kier alpha value is -0.995. The number of nitrogens with zero attached hydrogens (tertiary/aromatic N) is 2. The molecule has 2 aliphatic heterocycles. The van der Waals surface area contributed by atoms with Crippen LogP contribution in [0.4, 0.5) is 0 Å². The number of amides is 2. The topological polar surface area (TPSA) is 40.6 Å². The highest BCUT2D eigenvalue weighted by Crippen LogP contribution is 2.20. The molecule has 15 heavy (non-hydrogen) atoms. The van der Waals surface area contributed by atoms with Gasteiger partial charge in [0.2, 0.25) is 11.8 Å². The lowest BCUT2D eigenvalue weighted by molar-refractivity contribution is -0.125. The monoisotopic (exact) mass is 207 g/mol. The van der Waals surface area contributed by atoms with E-state index < -0.39 is 0 Å². The zero-order chi connectivity index (χ0) is 11.0. The summed E-state index contributed by atoms with van der Waals surface area (Å²) >= 11 is 0. The van der Waals surface area contributed by atoms with E-state index in [0.717, 1.165) is 13.1 Å². The van der Waals surface area contributed by atoms with Gasteiger partial charge < -0.3 is 9.62 Å². The summed E-state index contributed by atoms with van der Waals surface area (Å²) in [6, 6.07) is 0. The van der Waals surface area contributed by atoms with Crippen LogP contribution >= 0.6 is 0 Å². The van der Waals surface area contributed by atoms with Gasteiger partial charge in [-0.3, -0.25) is 9.59 Å². The van der Waals surface area contributed by atoms with E-state index in [2.05, 4.69) is 13.8 Å². The van der Waals surface area contributed by atoms with E-state index in [4.69, 9.17) is 0 Å². The van der Waals surface area contributed by atoms with Crippen LogP contribution in [0.15, 0.2) is 0 Å². The third kappa shape index (κ3) is 2.16. The molecule has 0 aliphatic carbocycles. The van der Waals surface area contributed by atoms with Gasteiger partial charge in [-0.2, -0.15) is 0 Å². The van der Waals surface area contributed by atoms with Crippen LogP contribution in [0, 0.1) is 11.8 Å². The van der Waals surface area contributed by atoms with Crippen LogP contribution in [0.25, 0.3) is 0 Å². The smallest absolute Gasteiger partial charge is 0.369 e. The van der Waals surface area contributed by atoms with Crippen molar-refractivity contribution >= 4 is 19.4 Å². The summed E-state index contributed by atoms with van der Waals surface area (Å²) in [5, 5.41) is 0. The normalized spacial score (nSPS) is 31.6. The van der Waals surface area contributed by atoms with E-state index in [-0.39, 0.29) is 11.8 Å². The van der Waals surface area contributed by atoms with E-state index in [1.807, 2.05) is 0 Å². The average Bonchev–Trinajstić information content (AvgIpc) is 2.58. The van der Waals surface area contributed by atoms with E-state index in [0.29, 0.717) is 24.7 Å². The first-order valence-electron chi connectivity index (χ1n) is 5.50. The first-order valence-corrected chi connectivity index (χ1v) is 5.50. The second kappa shape index (κ2) is 3.87. The van der Waals surface area contributed by atoms with Gasteiger partial charge in [0, 0.05) is 25.9 Å². The Bertz CT molecular complexity index is 267. The molecule has 0 aromatic carbocycles. The molecule has 0 saturated carbocycles. The van der Waals surface area contributed by atoms with Gasteiger partial charge in [0.05, 0.1) is 0 Å². The predicted octanol–water partition coefficient (Wildman–Crippen LogP) is 0.257. The molecule has 2 aliphatic rings. The maximum Gasteiger partial charge on any atom is 0.396 e. The van der Waals surface area contributed by atoms with Crippen LogP contribution in [0.2, 0.25) is 0 Å². The van der Waals surface area contributed by atoms with Gasteiger partial charge in [-0.05, 0) is 11.8 Å². The first-order chi connectivity index (χ1) is 7.06. The molecule has 4 nitrogen and oxygen atoms in total. The van der Waals surface area contributed by atoms with Gasteiger partial charge in [0.25, 0.3) is 0 Å². The lowest BCUT2D eigenvalue weighted by Crippen LogP contribution is -2.43. The lowest BCUT2D eigenvalue weighted by Gasteiger charge is -2.21. The Kier molecular flexibility index (Phi) is 2.71. The third-order valence-corrected chi connectivity index (χ3v) is 2.98. The standard InChI is InChI=1S/C10H16BN2O2/c1-7-3-9(14)12(5-7)11-13-6-8(2)4-10(13)15/h7-8H,3-6H2,1-2H3. The van der Waals surface area contributed by atoms with Crippen LogP contribution < -0.4 is 0 Å². The minimum Gasteiger partial charge on any atom is -0.369 e. The van der Waals surface area contributed by atoms with Crippen molar-refractivity contribution in [2.45, 2.75) is 26.7 Å². The zero-order valence-electron chi connectivity index (χ0n) is 9.27. The van der Waals surface area contributed by atoms with Crippen LogP contribution in [0.3, 0.4) is 0 Å². The van der Waals surface area contributed by atoms with Crippen molar-refractivity contribution in [2.24, 2.45) is 11.8 Å². The molecule has 2 amide bonds. The fourth-order valence-electron chi connectivity index (χ4n) is 2.23. The maximum absolute atomic E-state index is 11.5.